The first-order valence-electron chi connectivity index (χ1n) is 8.18. The van der Waals surface area contributed by atoms with E-state index in [0.717, 1.165) is 29.3 Å². The zero-order valence-electron chi connectivity index (χ0n) is 15.0. The molecule has 8 heteroatoms. The van der Waals surface area contributed by atoms with Crippen LogP contribution in [0, 0.1) is 25.4 Å². The summed E-state index contributed by atoms with van der Waals surface area (Å²) in [7, 11) is 1.32. The van der Waals surface area contributed by atoms with Crippen molar-refractivity contribution in [1.82, 2.24) is 9.97 Å². The van der Waals surface area contributed by atoms with Gasteiger partial charge >= 0.3 is 5.97 Å². The van der Waals surface area contributed by atoms with Crippen molar-refractivity contribution in [2.75, 3.05) is 13.7 Å². The van der Waals surface area contributed by atoms with E-state index in [0.29, 0.717) is 17.1 Å². The molecule has 1 aromatic heterocycles. The molecule has 0 spiro atoms. The number of ether oxygens (including phenoxy) is 2. The molecule has 142 valence electrons. The fourth-order valence-electron chi connectivity index (χ4n) is 2.56. The number of H-pyrrole nitrogens is 1. The van der Waals surface area contributed by atoms with Crippen molar-refractivity contribution in [3.8, 4) is 11.8 Å². The first kappa shape index (κ1) is 20.6. The second-order valence-corrected chi connectivity index (χ2v) is 8.28. The second kappa shape index (κ2) is 8.91. The Bertz CT molecular complexity index is 1110. The zero-order chi connectivity index (χ0) is 20.3. The van der Waals surface area contributed by atoms with E-state index in [9.17, 15) is 10.1 Å². The van der Waals surface area contributed by atoms with Crippen molar-refractivity contribution in [1.29, 1.82) is 5.26 Å². The number of nitrogens with one attached hydrogen (secondary N) is 1. The molecule has 0 radical (unpaired) electrons. The van der Waals surface area contributed by atoms with Crippen LogP contribution in [-0.4, -0.2) is 29.7 Å². The maximum atomic E-state index is 11.3. The first-order chi connectivity index (χ1) is 13.4. The fourth-order valence-corrected chi connectivity index (χ4v) is 4.69. The number of allylic oxidation sites excluding steroid dienone is 1. The van der Waals surface area contributed by atoms with Gasteiger partial charge in [0.1, 0.15) is 17.6 Å². The molecule has 0 saturated heterocycles. The third kappa shape index (κ3) is 4.64. The lowest BCUT2D eigenvalue weighted by Gasteiger charge is -2.10. The third-order valence-corrected chi connectivity index (χ3v) is 5.51. The van der Waals surface area contributed by atoms with Gasteiger partial charge in [-0.2, -0.15) is 5.26 Å². The van der Waals surface area contributed by atoms with E-state index in [-0.39, 0.29) is 6.61 Å². The van der Waals surface area contributed by atoms with E-state index in [2.05, 4.69) is 66.0 Å². The number of aryl methyl sites for hydroxylation is 1. The van der Waals surface area contributed by atoms with Crippen LogP contribution in [0.15, 0.2) is 30.3 Å². The Morgan fingerprint density at radius 1 is 1.29 bits per heavy atom. The Labute approximate surface area is 189 Å². The number of carbonyl (C=O) groups is 1. The minimum absolute atomic E-state index is 0.153. The predicted octanol–water partition coefficient (Wildman–Crippen LogP) is 4.70. The molecule has 0 saturated carbocycles. The van der Waals surface area contributed by atoms with Crippen LogP contribution in [0.2, 0.25) is 0 Å². The van der Waals surface area contributed by atoms with Gasteiger partial charge in [0.2, 0.25) is 0 Å². The van der Waals surface area contributed by atoms with Crippen molar-refractivity contribution in [3.05, 3.63) is 54.4 Å². The van der Waals surface area contributed by atoms with Crippen molar-refractivity contribution in [3.63, 3.8) is 0 Å². The minimum atomic E-state index is -0.442. The van der Waals surface area contributed by atoms with Crippen LogP contribution >= 0.6 is 45.2 Å². The summed E-state index contributed by atoms with van der Waals surface area (Å²) in [5, 5.41) is 9.63. The van der Waals surface area contributed by atoms with Crippen LogP contribution in [0.5, 0.6) is 5.75 Å². The van der Waals surface area contributed by atoms with Gasteiger partial charge in [0.25, 0.3) is 0 Å². The molecule has 0 atom stereocenters. The number of nitriles is 1. The number of aromatic amines is 1. The zero-order valence-corrected chi connectivity index (χ0v) is 19.4. The topological polar surface area (TPSA) is 88.0 Å². The molecule has 0 unspecified atom stereocenters. The first-order valence-corrected chi connectivity index (χ1v) is 10.3. The summed E-state index contributed by atoms with van der Waals surface area (Å²) < 4.78 is 11.8. The maximum absolute atomic E-state index is 11.3. The van der Waals surface area contributed by atoms with E-state index >= 15 is 0 Å². The molecule has 3 aromatic rings. The SMILES string of the molecule is COC(=O)COc1c(I)cc(/C=C(/C#N)c2nc3ccc(C)cc3[nH]2)cc1I. The molecule has 0 aliphatic carbocycles. The summed E-state index contributed by atoms with van der Waals surface area (Å²) in [6, 6.07) is 11.9. The van der Waals surface area contributed by atoms with Crippen LogP contribution in [0.4, 0.5) is 0 Å². The molecular weight excluding hydrogens is 584 g/mol. The van der Waals surface area contributed by atoms with Gasteiger partial charge < -0.3 is 14.5 Å². The van der Waals surface area contributed by atoms with Crippen LogP contribution in [0.25, 0.3) is 22.7 Å². The number of hydrogen-bond donors (Lipinski definition) is 1. The quantitative estimate of drug-likeness (QED) is 0.261. The molecule has 3 rings (SSSR count). The lowest BCUT2D eigenvalue weighted by Crippen LogP contribution is -2.13. The Hall–Kier alpha value is -2.13. The number of nitrogens with zero attached hydrogens (tertiary/aromatic N) is 2. The van der Waals surface area contributed by atoms with Gasteiger partial charge in [-0.05, 0) is 93.6 Å². The van der Waals surface area contributed by atoms with Crippen molar-refractivity contribution < 1.29 is 14.3 Å². The Balaban J connectivity index is 1.93. The molecule has 1 heterocycles. The van der Waals surface area contributed by atoms with Crippen LogP contribution in [0.3, 0.4) is 0 Å². The average Bonchev–Trinajstić information content (AvgIpc) is 3.08. The summed E-state index contributed by atoms with van der Waals surface area (Å²) in [5.74, 6) is 0.697. The van der Waals surface area contributed by atoms with E-state index in [1.165, 1.54) is 7.11 Å². The number of halogens is 2. The molecule has 2 aromatic carbocycles. The van der Waals surface area contributed by atoms with E-state index in [1.807, 2.05) is 37.3 Å². The van der Waals surface area contributed by atoms with Crippen molar-refractivity contribution >= 4 is 73.8 Å². The minimum Gasteiger partial charge on any atom is -0.480 e. The number of imidazole rings is 1. The van der Waals surface area contributed by atoms with E-state index < -0.39 is 5.97 Å². The molecule has 0 bridgehead atoms. The van der Waals surface area contributed by atoms with Crippen LogP contribution < -0.4 is 4.74 Å². The van der Waals surface area contributed by atoms with Crippen molar-refractivity contribution in [2.45, 2.75) is 6.92 Å². The van der Waals surface area contributed by atoms with E-state index in [4.69, 9.17) is 4.74 Å². The molecule has 0 amide bonds. The average molecular weight is 599 g/mol. The monoisotopic (exact) mass is 599 g/mol. The maximum Gasteiger partial charge on any atom is 0.343 e. The van der Waals surface area contributed by atoms with Crippen LogP contribution in [0.1, 0.15) is 17.0 Å². The molecule has 0 aliphatic heterocycles. The van der Waals surface area contributed by atoms with Gasteiger partial charge in [-0.15, -0.1) is 0 Å². The number of rotatable bonds is 5. The number of hydrogen-bond acceptors (Lipinski definition) is 5. The molecule has 0 aliphatic rings. The number of carbonyl (C=O) groups excluding carboxylic acids is 1. The normalized spacial score (nSPS) is 11.3. The highest BCUT2D eigenvalue weighted by Crippen LogP contribution is 2.30. The summed E-state index contributed by atoms with van der Waals surface area (Å²) >= 11 is 4.28. The van der Waals surface area contributed by atoms with Crippen LogP contribution in [-0.2, 0) is 9.53 Å². The third-order valence-electron chi connectivity index (χ3n) is 3.91. The summed E-state index contributed by atoms with van der Waals surface area (Å²) in [5.41, 5.74) is 4.11. The van der Waals surface area contributed by atoms with Crippen molar-refractivity contribution in [2.24, 2.45) is 0 Å². The number of fused-ring (bicyclic) bond motifs is 1. The lowest BCUT2D eigenvalue weighted by molar-refractivity contribution is -0.142. The number of methoxy groups -OCH3 is 1. The number of aromatic nitrogens is 2. The van der Waals surface area contributed by atoms with Gasteiger partial charge in [0.15, 0.2) is 6.61 Å². The Morgan fingerprint density at radius 3 is 2.64 bits per heavy atom. The van der Waals surface area contributed by atoms with E-state index in [1.54, 1.807) is 6.08 Å². The molecular formula is C20H15I2N3O3. The molecule has 28 heavy (non-hydrogen) atoms. The number of esters is 1. The lowest BCUT2D eigenvalue weighted by atomic mass is 10.1. The van der Waals surface area contributed by atoms with Gasteiger partial charge in [0, 0.05) is 0 Å². The summed E-state index contributed by atoms with van der Waals surface area (Å²) in [6.45, 7) is 1.86. The summed E-state index contributed by atoms with van der Waals surface area (Å²) in [6.07, 6.45) is 1.78. The molecule has 6 nitrogen and oxygen atoms in total. The van der Waals surface area contributed by atoms with Gasteiger partial charge in [0.05, 0.1) is 30.9 Å². The highest BCUT2D eigenvalue weighted by Gasteiger charge is 2.13. The van der Waals surface area contributed by atoms with Gasteiger partial charge in [-0.25, -0.2) is 9.78 Å². The largest absolute Gasteiger partial charge is 0.480 e. The molecule has 0 fully saturated rings. The highest BCUT2D eigenvalue weighted by molar-refractivity contribution is 14.1. The number of benzene rings is 2. The van der Waals surface area contributed by atoms with Gasteiger partial charge in [-0.1, -0.05) is 6.07 Å². The Morgan fingerprint density at radius 2 is 2.00 bits per heavy atom. The second-order valence-electron chi connectivity index (χ2n) is 5.95. The van der Waals surface area contributed by atoms with Gasteiger partial charge in [-0.3, -0.25) is 0 Å². The highest BCUT2D eigenvalue weighted by atomic mass is 127. The summed E-state index contributed by atoms with van der Waals surface area (Å²) in [4.78, 5) is 19.0. The fraction of sp³-hybridized carbons (Fsp3) is 0.150. The standard InChI is InChI=1S/C20H15I2N3O3/c1-11-3-4-16-17(5-11)25-20(24-16)13(9-23)6-12-7-14(21)19(15(22)8-12)28-10-18(26)27-2/h3-8H,10H2,1-2H3,(H,24,25)/b13-6-. The smallest absolute Gasteiger partial charge is 0.343 e. The molecule has 1 N–H and O–H groups in total. The Kier molecular flexibility index (Phi) is 6.56. The predicted molar refractivity (Wildman–Crippen MR) is 124 cm³/mol.